The third-order valence-electron chi connectivity index (χ3n) is 2.61. The molecule has 0 aliphatic heterocycles. The van der Waals surface area contributed by atoms with Crippen LogP contribution in [0.3, 0.4) is 0 Å². The molecule has 1 aromatic carbocycles. The maximum Gasteiger partial charge on any atom is 0.416 e. The molecule has 0 radical (unpaired) electrons. The first-order valence-corrected chi connectivity index (χ1v) is 6.88. The smallest absolute Gasteiger partial charge is 0.289 e. The molecule has 0 saturated heterocycles. The molecule has 0 aliphatic rings. The topological polar surface area (TPSA) is 17.1 Å². The lowest BCUT2D eigenvalue weighted by atomic mass is 10.0. The fraction of sp³-hybridized carbons (Fsp3) is 0.154. The fourth-order valence-corrected chi connectivity index (χ4v) is 3.33. The largest absolute Gasteiger partial charge is 0.416 e. The SMILES string of the molecule is Cc1sc(Br)cc1C(=O)c1ccc(C(F)(F)F)cc1. The predicted molar refractivity (Wildman–Crippen MR) is 71.6 cm³/mol. The summed E-state index contributed by atoms with van der Waals surface area (Å²) in [7, 11) is 0. The molecule has 1 heterocycles. The fourth-order valence-electron chi connectivity index (χ4n) is 1.64. The summed E-state index contributed by atoms with van der Waals surface area (Å²) in [6.45, 7) is 1.80. The lowest BCUT2D eigenvalue weighted by Crippen LogP contribution is -2.06. The van der Waals surface area contributed by atoms with Crippen LogP contribution in [0.25, 0.3) is 0 Å². The molecule has 0 aliphatic carbocycles. The van der Waals surface area contributed by atoms with Gasteiger partial charge in [0.2, 0.25) is 0 Å². The van der Waals surface area contributed by atoms with Gasteiger partial charge in [-0.1, -0.05) is 12.1 Å². The molecule has 0 amide bonds. The van der Waals surface area contributed by atoms with Gasteiger partial charge in [-0.25, -0.2) is 0 Å². The average molecular weight is 349 g/mol. The summed E-state index contributed by atoms with van der Waals surface area (Å²) in [4.78, 5) is 13.0. The number of carbonyl (C=O) groups is 1. The van der Waals surface area contributed by atoms with Crippen molar-refractivity contribution in [2.45, 2.75) is 13.1 Å². The minimum atomic E-state index is -4.39. The highest BCUT2D eigenvalue weighted by molar-refractivity contribution is 9.11. The van der Waals surface area contributed by atoms with Gasteiger partial charge < -0.3 is 0 Å². The number of halogens is 4. The van der Waals surface area contributed by atoms with E-state index in [0.717, 1.165) is 20.8 Å². The van der Waals surface area contributed by atoms with Crippen molar-refractivity contribution in [3.05, 3.63) is 55.7 Å². The van der Waals surface area contributed by atoms with E-state index in [0.29, 0.717) is 5.56 Å². The van der Waals surface area contributed by atoms with E-state index in [1.807, 2.05) is 0 Å². The molecule has 0 saturated carbocycles. The molecule has 6 heteroatoms. The average Bonchev–Trinajstić information content (AvgIpc) is 2.66. The Balaban J connectivity index is 2.33. The van der Waals surface area contributed by atoms with Crippen LogP contribution in [-0.4, -0.2) is 5.78 Å². The number of thiophene rings is 1. The highest BCUT2D eigenvalue weighted by atomic mass is 79.9. The Morgan fingerprint density at radius 1 is 1.21 bits per heavy atom. The summed E-state index contributed by atoms with van der Waals surface area (Å²) < 4.78 is 38.1. The van der Waals surface area contributed by atoms with Crippen molar-refractivity contribution in [2.75, 3.05) is 0 Å². The van der Waals surface area contributed by atoms with Crippen molar-refractivity contribution in [1.29, 1.82) is 0 Å². The van der Waals surface area contributed by atoms with Crippen molar-refractivity contribution in [1.82, 2.24) is 0 Å². The molecule has 0 bridgehead atoms. The zero-order valence-corrected chi connectivity index (χ0v) is 12.1. The van der Waals surface area contributed by atoms with Crippen molar-refractivity contribution in [2.24, 2.45) is 0 Å². The van der Waals surface area contributed by atoms with Crippen LogP contribution in [0.15, 0.2) is 34.1 Å². The molecule has 0 unspecified atom stereocenters. The Labute approximate surface area is 120 Å². The van der Waals surface area contributed by atoms with Gasteiger partial charge in [0.05, 0.1) is 9.35 Å². The van der Waals surface area contributed by atoms with Crippen LogP contribution in [0, 0.1) is 6.92 Å². The van der Waals surface area contributed by atoms with Crippen LogP contribution in [-0.2, 0) is 6.18 Å². The molecular weight excluding hydrogens is 341 g/mol. The van der Waals surface area contributed by atoms with E-state index in [2.05, 4.69) is 15.9 Å². The maximum absolute atomic E-state index is 12.4. The van der Waals surface area contributed by atoms with Gasteiger partial charge in [0, 0.05) is 16.0 Å². The Bertz CT molecular complexity index is 614. The highest BCUT2D eigenvalue weighted by Crippen LogP contribution is 2.31. The summed E-state index contributed by atoms with van der Waals surface area (Å²) in [5.41, 5.74) is 0.00491. The number of aryl methyl sites for hydroxylation is 1. The number of alkyl halides is 3. The van der Waals surface area contributed by atoms with E-state index in [4.69, 9.17) is 0 Å². The highest BCUT2D eigenvalue weighted by Gasteiger charge is 2.30. The first kappa shape index (κ1) is 14.3. The Kier molecular flexibility index (Phi) is 3.82. The van der Waals surface area contributed by atoms with Gasteiger partial charge in [-0.2, -0.15) is 13.2 Å². The van der Waals surface area contributed by atoms with Crippen molar-refractivity contribution >= 4 is 33.0 Å². The minimum Gasteiger partial charge on any atom is -0.289 e. The Hall–Kier alpha value is -1.14. The molecule has 1 aromatic heterocycles. The summed E-state index contributed by atoms with van der Waals surface area (Å²) >= 11 is 4.69. The van der Waals surface area contributed by atoms with E-state index in [1.54, 1.807) is 13.0 Å². The summed E-state index contributed by atoms with van der Waals surface area (Å²) in [6.07, 6.45) is -4.39. The summed E-state index contributed by atoms with van der Waals surface area (Å²) in [5.74, 6) is -0.270. The molecule has 1 nitrogen and oxygen atoms in total. The summed E-state index contributed by atoms with van der Waals surface area (Å²) in [5, 5.41) is 0. The number of carbonyl (C=O) groups excluding carboxylic acids is 1. The molecule has 0 atom stereocenters. The standard InChI is InChI=1S/C13H8BrF3OS/c1-7-10(6-11(14)19-7)12(18)8-2-4-9(5-3-8)13(15,16)17/h2-6H,1H3. The van der Waals surface area contributed by atoms with Crippen molar-refractivity contribution in [3.63, 3.8) is 0 Å². The summed E-state index contributed by atoms with van der Waals surface area (Å²) in [6, 6.07) is 5.93. The monoisotopic (exact) mass is 348 g/mol. The van der Waals surface area contributed by atoms with E-state index in [1.165, 1.54) is 23.5 Å². The molecule has 2 aromatic rings. The molecule has 100 valence electrons. The zero-order valence-electron chi connectivity index (χ0n) is 9.72. The second-order valence-electron chi connectivity index (χ2n) is 3.92. The minimum absolute atomic E-state index is 0.251. The van der Waals surface area contributed by atoms with Gasteiger partial charge >= 0.3 is 6.18 Å². The quantitative estimate of drug-likeness (QED) is 0.692. The Morgan fingerprint density at radius 3 is 2.21 bits per heavy atom. The zero-order chi connectivity index (χ0) is 14.2. The normalized spacial score (nSPS) is 11.6. The molecule has 19 heavy (non-hydrogen) atoms. The molecule has 0 fully saturated rings. The van der Waals surface area contributed by atoms with Gasteiger partial charge in [-0.3, -0.25) is 4.79 Å². The second-order valence-corrected chi connectivity index (χ2v) is 6.56. The van der Waals surface area contributed by atoms with E-state index < -0.39 is 11.7 Å². The van der Waals surface area contributed by atoms with Crippen molar-refractivity contribution < 1.29 is 18.0 Å². The van der Waals surface area contributed by atoms with Crippen LogP contribution >= 0.6 is 27.3 Å². The van der Waals surface area contributed by atoms with Crippen LogP contribution in [0.2, 0.25) is 0 Å². The van der Waals surface area contributed by atoms with Crippen LogP contribution in [0.4, 0.5) is 13.2 Å². The van der Waals surface area contributed by atoms with E-state index in [9.17, 15) is 18.0 Å². The second kappa shape index (κ2) is 5.09. The third-order valence-corrected chi connectivity index (χ3v) is 4.16. The molecule has 0 N–H and O–H groups in total. The Morgan fingerprint density at radius 2 is 1.79 bits per heavy atom. The number of rotatable bonds is 2. The lowest BCUT2D eigenvalue weighted by Gasteiger charge is -2.07. The van der Waals surface area contributed by atoms with Gasteiger partial charge in [0.25, 0.3) is 0 Å². The van der Waals surface area contributed by atoms with Crippen molar-refractivity contribution in [3.8, 4) is 0 Å². The maximum atomic E-state index is 12.4. The molecule has 2 rings (SSSR count). The number of benzene rings is 1. The molecular formula is C13H8BrF3OS. The van der Waals surface area contributed by atoms with Gasteiger partial charge in [0.1, 0.15) is 0 Å². The predicted octanol–water partition coefficient (Wildman–Crippen LogP) is 5.07. The first-order chi connectivity index (χ1) is 8.79. The number of hydrogen-bond acceptors (Lipinski definition) is 2. The van der Waals surface area contributed by atoms with Crippen LogP contribution in [0.1, 0.15) is 26.4 Å². The van der Waals surface area contributed by atoms with E-state index >= 15 is 0 Å². The third kappa shape index (κ3) is 3.06. The van der Waals surface area contributed by atoms with Gasteiger partial charge in [0.15, 0.2) is 5.78 Å². The number of ketones is 1. The van der Waals surface area contributed by atoms with Gasteiger partial charge in [-0.05, 0) is 41.1 Å². The van der Waals surface area contributed by atoms with E-state index in [-0.39, 0.29) is 11.3 Å². The number of hydrogen-bond donors (Lipinski definition) is 0. The van der Waals surface area contributed by atoms with Crippen LogP contribution < -0.4 is 0 Å². The first-order valence-electron chi connectivity index (χ1n) is 5.27. The van der Waals surface area contributed by atoms with Gasteiger partial charge in [-0.15, -0.1) is 11.3 Å². The molecule has 0 spiro atoms. The van der Waals surface area contributed by atoms with Crippen LogP contribution in [0.5, 0.6) is 0 Å². The lowest BCUT2D eigenvalue weighted by molar-refractivity contribution is -0.137.